The van der Waals surface area contributed by atoms with Gasteiger partial charge < -0.3 is 9.88 Å². The summed E-state index contributed by atoms with van der Waals surface area (Å²) in [6.45, 7) is 0. The Labute approximate surface area is 118 Å². The zero-order chi connectivity index (χ0) is 15.0. The third kappa shape index (κ3) is 2.67. The highest BCUT2D eigenvalue weighted by Gasteiger charge is 2.30. The molecule has 0 saturated heterocycles. The summed E-state index contributed by atoms with van der Waals surface area (Å²) in [4.78, 5) is 8.28. The van der Waals surface area contributed by atoms with E-state index in [0.717, 1.165) is 23.2 Å². The van der Waals surface area contributed by atoms with Crippen molar-refractivity contribution in [2.75, 3.05) is 5.32 Å². The van der Waals surface area contributed by atoms with Crippen LogP contribution in [-0.4, -0.2) is 14.5 Å². The van der Waals surface area contributed by atoms with Crippen LogP contribution in [0.1, 0.15) is 5.56 Å². The molecule has 0 radical (unpaired) electrons. The second kappa shape index (κ2) is 4.76. The SMILES string of the molecule is Cn1cnc2cnc(Nc3cccc(C(F)(F)F)c3)cc21. The van der Waals surface area contributed by atoms with Crippen LogP contribution in [0.4, 0.5) is 24.7 Å². The van der Waals surface area contributed by atoms with Crippen molar-refractivity contribution < 1.29 is 13.2 Å². The largest absolute Gasteiger partial charge is 0.416 e. The van der Waals surface area contributed by atoms with E-state index in [1.165, 1.54) is 6.07 Å². The van der Waals surface area contributed by atoms with Crippen LogP contribution in [-0.2, 0) is 13.2 Å². The van der Waals surface area contributed by atoms with E-state index in [9.17, 15) is 13.2 Å². The number of alkyl halides is 3. The number of pyridine rings is 1. The van der Waals surface area contributed by atoms with E-state index in [-0.39, 0.29) is 0 Å². The van der Waals surface area contributed by atoms with Gasteiger partial charge in [0, 0.05) is 18.8 Å². The highest BCUT2D eigenvalue weighted by atomic mass is 19.4. The molecule has 4 nitrogen and oxygen atoms in total. The van der Waals surface area contributed by atoms with Crippen LogP contribution < -0.4 is 5.32 Å². The minimum Gasteiger partial charge on any atom is -0.340 e. The number of anilines is 2. The van der Waals surface area contributed by atoms with Gasteiger partial charge in [0.05, 0.1) is 23.6 Å². The molecule has 0 unspecified atom stereocenters. The molecule has 3 aromatic rings. The molecule has 7 heteroatoms. The highest BCUT2D eigenvalue weighted by Crippen LogP contribution is 2.31. The normalized spacial score (nSPS) is 11.8. The van der Waals surface area contributed by atoms with Gasteiger partial charge in [-0.15, -0.1) is 0 Å². The molecule has 0 saturated carbocycles. The van der Waals surface area contributed by atoms with Crippen molar-refractivity contribution in [3.63, 3.8) is 0 Å². The Hall–Kier alpha value is -2.57. The van der Waals surface area contributed by atoms with E-state index in [1.807, 2.05) is 11.6 Å². The van der Waals surface area contributed by atoms with Crippen LogP contribution in [0.2, 0.25) is 0 Å². The molecule has 2 aromatic heterocycles. The molecule has 0 bridgehead atoms. The van der Waals surface area contributed by atoms with Gasteiger partial charge in [0.2, 0.25) is 0 Å². The zero-order valence-electron chi connectivity index (χ0n) is 11.0. The monoisotopic (exact) mass is 292 g/mol. The minimum absolute atomic E-state index is 0.332. The molecule has 0 aliphatic rings. The molecule has 1 aromatic carbocycles. The number of nitrogens with zero attached hydrogens (tertiary/aromatic N) is 3. The molecule has 0 spiro atoms. The van der Waals surface area contributed by atoms with Gasteiger partial charge in [-0.05, 0) is 18.2 Å². The third-order valence-corrected chi connectivity index (χ3v) is 3.07. The van der Waals surface area contributed by atoms with Gasteiger partial charge in [0.15, 0.2) is 0 Å². The summed E-state index contributed by atoms with van der Waals surface area (Å²) in [5.74, 6) is 0.463. The van der Waals surface area contributed by atoms with Crippen LogP contribution in [0.15, 0.2) is 42.9 Å². The van der Waals surface area contributed by atoms with Crippen LogP contribution in [0.5, 0.6) is 0 Å². The fourth-order valence-electron chi connectivity index (χ4n) is 2.02. The Kier molecular flexibility index (Phi) is 3.04. The van der Waals surface area contributed by atoms with Crippen LogP contribution in [0.3, 0.4) is 0 Å². The van der Waals surface area contributed by atoms with E-state index >= 15 is 0 Å². The van der Waals surface area contributed by atoms with Crippen molar-refractivity contribution in [2.24, 2.45) is 7.05 Å². The van der Waals surface area contributed by atoms with Crippen molar-refractivity contribution in [1.29, 1.82) is 0 Å². The molecule has 0 aliphatic carbocycles. The number of rotatable bonds is 2. The number of nitrogens with one attached hydrogen (secondary N) is 1. The van der Waals surface area contributed by atoms with Gasteiger partial charge in [-0.25, -0.2) is 9.97 Å². The molecular weight excluding hydrogens is 281 g/mol. The smallest absolute Gasteiger partial charge is 0.340 e. The first-order valence-electron chi connectivity index (χ1n) is 6.15. The summed E-state index contributed by atoms with van der Waals surface area (Å²) in [7, 11) is 1.84. The summed E-state index contributed by atoms with van der Waals surface area (Å²) in [5.41, 5.74) is 1.21. The topological polar surface area (TPSA) is 42.7 Å². The van der Waals surface area contributed by atoms with E-state index < -0.39 is 11.7 Å². The van der Waals surface area contributed by atoms with Crippen molar-refractivity contribution in [3.05, 3.63) is 48.4 Å². The minimum atomic E-state index is -4.36. The predicted molar refractivity (Wildman–Crippen MR) is 73.2 cm³/mol. The summed E-state index contributed by atoms with van der Waals surface area (Å²) < 4.78 is 39.8. The summed E-state index contributed by atoms with van der Waals surface area (Å²) in [6, 6.07) is 6.73. The second-order valence-corrected chi connectivity index (χ2v) is 4.62. The lowest BCUT2D eigenvalue weighted by Gasteiger charge is -2.10. The summed E-state index contributed by atoms with van der Waals surface area (Å²) in [6.07, 6.45) is -1.14. The molecule has 1 N–H and O–H groups in total. The quantitative estimate of drug-likeness (QED) is 0.782. The molecule has 0 aliphatic heterocycles. The van der Waals surface area contributed by atoms with Crippen molar-refractivity contribution >= 4 is 22.5 Å². The van der Waals surface area contributed by atoms with Crippen molar-refractivity contribution in [2.45, 2.75) is 6.18 Å². The average Bonchev–Trinajstić information content (AvgIpc) is 2.80. The van der Waals surface area contributed by atoms with Gasteiger partial charge in [0.25, 0.3) is 0 Å². The number of fused-ring (bicyclic) bond motifs is 1. The maximum Gasteiger partial charge on any atom is 0.416 e. The molecule has 108 valence electrons. The maximum absolute atomic E-state index is 12.7. The summed E-state index contributed by atoms with van der Waals surface area (Å²) in [5, 5.41) is 2.87. The summed E-state index contributed by atoms with van der Waals surface area (Å²) >= 11 is 0. The van der Waals surface area contributed by atoms with E-state index in [1.54, 1.807) is 24.7 Å². The van der Waals surface area contributed by atoms with E-state index in [4.69, 9.17) is 0 Å². The lowest BCUT2D eigenvalue weighted by Crippen LogP contribution is -2.05. The fraction of sp³-hybridized carbons (Fsp3) is 0.143. The van der Waals surface area contributed by atoms with Gasteiger partial charge >= 0.3 is 6.18 Å². The van der Waals surface area contributed by atoms with Gasteiger partial charge in [-0.1, -0.05) is 6.07 Å². The number of hydrogen-bond acceptors (Lipinski definition) is 3. The van der Waals surface area contributed by atoms with Crippen molar-refractivity contribution in [1.82, 2.24) is 14.5 Å². The first-order valence-corrected chi connectivity index (χ1v) is 6.15. The van der Waals surface area contributed by atoms with Gasteiger partial charge in [-0.2, -0.15) is 13.2 Å². The Morgan fingerprint density at radius 2 is 1.95 bits per heavy atom. The Bertz CT molecular complexity index is 792. The van der Waals surface area contributed by atoms with Crippen LogP contribution in [0, 0.1) is 0 Å². The number of aryl methyl sites for hydroxylation is 1. The van der Waals surface area contributed by atoms with Gasteiger partial charge in [0.1, 0.15) is 11.3 Å². The number of halogens is 3. The molecule has 0 amide bonds. The van der Waals surface area contributed by atoms with Gasteiger partial charge in [-0.3, -0.25) is 0 Å². The first-order chi connectivity index (χ1) is 9.93. The first kappa shape index (κ1) is 13.4. The lowest BCUT2D eigenvalue weighted by atomic mass is 10.2. The predicted octanol–water partition coefficient (Wildman–Crippen LogP) is 3.73. The second-order valence-electron chi connectivity index (χ2n) is 4.62. The standard InChI is InChI=1S/C14H11F3N4/c1-21-8-19-11-7-18-13(6-12(11)21)20-10-4-2-3-9(5-10)14(15,16)17/h2-8H,1H3,(H,18,20). The molecule has 21 heavy (non-hydrogen) atoms. The number of imidazole rings is 1. The number of hydrogen-bond donors (Lipinski definition) is 1. The highest BCUT2D eigenvalue weighted by molar-refractivity contribution is 5.78. The molecule has 3 rings (SSSR count). The van der Waals surface area contributed by atoms with Crippen molar-refractivity contribution in [3.8, 4) is 0 Å². The Morgan fingerprint density at radius 3 is 2.71 bits per heavy atom. The average molecular weight is 292 g/mol. The Morgan fingerprint density at radius 1 is 1.14 bits per heavy atom. The van der Waals surface area contributed by atoms with Crippen LogP contribution >= 0.6 is 0 Å². The molecule has 0 atom stereocenters. The van der Waals surface area contributed by atoms with Crippen LogP contribution in [0.25, 0.3) is 11.0 Å². The lowest BCUT2D eigenvalue weighted by molar-refractivity contribution is -0.137. The molecule has 0 fully saturated rings. The zero-order valence-corrected chi connectivity index (χ0v) is 11.0. The fourth-order valence-corrected chi connectivity index (χ4v) is 2.02. The Balaban J connectivity index is 1.93. The number of aromatic nitrogens is 3. The molecule has 2 heterocycles. The molecular formula is C14H11F3N4. The van der Waals surface area contributed by atoms with E-state index in [2.05, 4.69) is 15.3 Å². The number of benzene rings is 1. The van der Waals surface area contributed by atoms with E-state index in [0.29, 0.717) is 11.5 Å². The third-order valence-electron chi connectivity index (χ3n) is 3.07. The maximum atomic E-state index is 12.7.